The molecule has 0 unspecified atom stereocenters. The molecule has 0 radical (unpaired) electrons. The lowest BCUT2D eigenvalue weighted by Crippen LogP contribution is -2.43. The molecule has 0 aromatic heterocycles. The molecule has 1 aromatic carbocycles. The predicted octanol–water partition coefficient (Wildman–Crippen LogP) is 1.11. The van der Waals surface area contributed by atoms with E-state index in [1.807, 2.05) is 0 Å². The number of nitrogens with zero attached hydrogens (tertiary/aromatic N) is 1. The lowest BCUT2D eigenvalue weighted by Gasteiger charge is -2.33. The Kier molecular flexibility index (Phi) is 6.94. The fraction of sp³-hybridized carbons (Fsp3) is 0.600. The van der Waals surface area contributed by atoms with Gasteiger partial charge in [0.1, 0.15) is 16.7 Å². The van der Waals surface area contributed by atoms with E-state index in [1.165, 1.54) is 0 Å². The van der Waals surface area contributed by atoms with Crippen LogP contribution in [0.3, 0.4) is 0 Å². The van der Waals surface area contributed by atoms with Crippen LogP contribution >= 0.6 is 23.2 Å². The van der Waals surface area contributed by atoms with E-state index in [2.05, 4.69) is 4.90 Å². The minimum atomic E-state index is -4.08. The van der Waals surface area contributed by atoms with Crippen molar-refractivity contribution in [2.75, 3.05) is 26.2 Å². The Labute approximate surface area is 157 Å². The first-order valence-electron chi connectivity index (χ1n) is 7.92. The molecule has 1 aliphatic rings. The zero-order valence-corrected chi connectivity index (χ0v) is 16.2. The highest BCUT2D eigenvalue weighted by atomic mass is 35.5. The van der Waals surface area contributed by atoms with Gasteiger partial charge in [-0.3, -0.25) is 0 Å². The molecule has 0 spiro atoms. The Balaban J connectivity index is 2.14. The summed E-state index contributed by atoms with van der Waals surface area (Å²) in [7, 11) is -4.08. The number of benzene rings is 1. The molecule has 5 N–H and O–H groups in total. The number of primary sulfonamides is 1. The van der Waals surface area contributed by atoms with E-state index in [0.29, 0.717) is 38.0 Å². The van der Waals surface area contributed by atoms with Crippen LogP contribution in [-0.2, 0) is 10.0 Å². The van der Waals surface area contributed by atoms with E-state index >= 15 is 0 Å². The topological polar surface area (TPSA) is 119 Å². The number of β-amino-alcohol motifs (C(OH)–C–C–N with tert-alkyl or cyclic N) is 1. The zero-order chi connectivity index (χ0) is 18.8. The number of rotatable bonds is 6. The van der Waals surface area contributed by atoms with E-state index < -0.39 is 16.1 Å². The normalized spacial score (nSPS) is 18.3. The summed E-state index contributed by atoms with van der Waals surface area (Å²) in [6.45, 7) is 3.87. The van der Waals surface area contributed by atoms with Gasteiger partial charge >= 0.3 is 0 Å². The van der Waals surface area contributed by atoms with Crippen molar-refractivity contribution in [2.45, 2.75) is 36.9 Å². The first-order chi connectivity index (χ1) is 11.6. The summed E-state index contributed by atoms with van der Waals surface area (Å²) < 4.78 is 29.7. The third-order valence-electron chi connectivity index (χ3n) is 4.16. The third kappa shape index (κ3) is 5.19. The number of sulfonamides is 1. The van der Waals surface area contributed by atoms with Gasteiger partial charge in [-0.2, -0.15) is 0 Å². The monoisotopic (exact) mass is 411 g/mol. The minimum Gasteiger partial charge on any atom is -0.489 e. The van der Waals surface area contributed by atoms with Crippen LogP contribution in [0.2, 0.25) is 10.0 Å². The van der Waals surface area contributed by atoms with Gasteiger partial charge in [-0.25, -0.2) is 13.6 Å². The van der Waals surface area contributed by atoms with Crippen LogP contribution in [0.15, 0.2) is 11.0 Å². The van der Waals surface area contributed by atoms with Gasteiger partial charge in [0, 0.05) is 26.2 Å². The number of aliphatic hydroxyl groups excluding tert-OH is 1. The van der Waals surface area contributed by atoms with Gasteiger partial charge in [-0.15, -0.1) is 0 Å². The molecular formula is C15H23Cl2N3O4S. The molecular weight excluding hydrogens is 389 g/mol. The maximum Gasteiger partial charge on any atom is 0.243 e. The highest BCUT2D eigenvalue weighted by Crippen LogP contribution is 2.39. The second-order valence-corrected chi connectivity index (χ2v) is 8.46. The Morgan fingerprint density at radius 3 is 2.48 bits per heavy atom. The number of piperidine rings is 1. The van der Waals surface area contributed by atoms with Crippen molar-refractivity contribution in [3.63, 3.8) is 0 Å². The van der Waals surface area contributed by atoms with Crippen LogP contribution in [-0.4, -0.2) is 56.8 Å². The zero-order valence-electron chi connectivity index (χ0n) is 13.9. The highest BCUT2D eigenvalue weighted by molar-refractivity contribution is 7.89. The molecule has 2 rings (SSSR count). The molecule has 1 fully saturated rings. The van der Waals surface area contributed by atoms with Crippen LogP contribution in [0.5, 0.6) is 5.75 Å². The van der Waals surface area contributed by atoms with Crippen molar-refractivity contribution in [2.24, 2.45) is 10.9 Å². The maximum absolute atomic E-state index is 11.9. The standard InChI is InChI=1S/C15H23Cl2N3O4S/c1-9-6-12(15(25(19,22)23)14(17)13(9)16)24-11-2-4-20(5-3-11)8-10(21)7-18/h6,10-11,21H,2-5,7-8,18H2,1H3,(H2,19,22,23)/t10-/m1/s1. The van der Waals surface area contributed by atoms with Gasteiger partial charge in [0.05, 0.1) is 16.1 Å². The Bertz CT molecular complexity index is 722. The van der Waals surface area contributed by atoms with E-state index in [0.717, 1.165) is 0 Å². The average Bonchev–Trinajstić information content (AvgIpc) is 2.53. The Morgan fingerprint density at radius 1 is 1.36 bits per heavy atom. The first-order valence-corrected chi connectivity index (χ1v) is 10.2. The summed E-state index contributed by atoms with van der Waals surface area (Å²) in [5.41, 5.74) is 6.03. The van der Waals surface area contributed by atoms with Crippen LogP contribution in [0.25, 0.3) is 0 Å². The van der Waals surface area contributed by atoms with E-state index in [1.54, 1.807) is 13.0 Å². The molecule has 7 nitrogen and oxygen atoms in total. The van der Waals surface area contributed by atoms with Crippen molar-refractivity contribution in [3.05, 3.63) is 21.7 Å². The number of hydrogen-bond donors (Lipinski definition) is 3. The highest BCUT2D eigenvalue weighted by Gasteiger charge is 2.27. The lowest BCUT2D eigenvalue weighted by atomic mass is 10.1. The van der Waals surface area contributed by atoms with Gasteiger partial charge in [-0.05, 0) is 31.4 Å². The Hall–Kier alpha value is -0.610. The average molecular weight is 412 g/mol. The second-order valence-electron chi connectivity index (χ2n) is 6.20. The van der Waals surface area contributed by atoms with Crippen molar-refractivity contribution in [1.82, 2.24) is 4.90 Å². The number of likely N-dealkylation sites (tertiary alicyclic amines) is 1. The lowest BCUT2D eigenvalue weighted by molar-refractivity contribution is 0.0629. The summed E-state index contributed by atoms with van der Waals surface area (Å²) in [5, 5.41) is 14.9. The molecule has 0 saturated carbocycles. The molecule has 1 aliphatic heterocycles. The summed E-state index contributed by atoms with van der Waals surface area (Å²) in [4.78, 5) is 1.81. The Morgan fingerprint density at radius 2 is 1.96 bits per heavy atom. The fourth-order valence-corrected chi connectivity index (χ4v) is 4.33. The van der Waals surface area contributed by atoms with Crippen LogP contribution in [0.4, 0.5) is 0 Å². The van der Waals surface area contributed by atoms with Gasteiger partial charge in [0.15, 0.2) is 0 Å². The molecule has 0 aliphatic carbocycles. The third-order valence-corrected chi connectivity index (χ3v) is 6.21. The first kappa shape index (κ1) is 20.7. The SMILES string of the molecule is Cc1cc(OC2CCN(C[C@H](O)CN)CC2)c(S(N)(=O)=O)c(Cl)c1Cl. The fourth-order valence-electron chi connectivity index (χ4n) is 2.82. The molecule has 142 valence electrons. The van der Waals surface area contributed by atoms with Crippen molar-refractivity contribution in [1.29, 1.82) is 0 Å². The molecule has 10 heteroatoms. The summed E-state index contributed by atoms with van der Waals surface area (Å²) in [6, 6.07) is 1.54. The van der Waals surface area contributed by atoms with Crippen LogP contribution < -0.4 is 15.6 Å². The molecule has 1 atom stereocenters. The summed E-state index contributed by atoms with van der Waals surface area (Å²) >= 11 is 12.1. The summed E-state index contributed by atoms with van der Waals surface area (Å²) in [6.07, 6.45) is 0.633. The van der Waals surface area contributed by atoms with Gasteiger partial charge in [0.2, 0.25) is 10.0 Å². The molecule has 1 saturated heterocycles. The van der Waals surface area contributed by atoms with Crippen molar-refractivity contribution < 1.29 is 18.3 Å². The number of ether oxygens (including phenoxy) is 1. The maximum atomic E-state index is 11.9. The molecule has 0 amide bonds. The quantitative estimate of drug-likeness (QED) is 0.644. The number of halogens is 2. The summed E-state index contributed by atoms with van der Waals surface area (Å²) in [5.74, 6) is 0.120. The smallest absolute Gasteiger partial charge is 0.243 e. The number of aliphatic hydroxyl groups is 1. The second kappa shape index (κ2) is 8.39. The van der Waals surface area contributed by atoms with E-state index in [-0.39, 0.29) is 33.3 Å². The number of aryl methyl sites for hydroxylation is 1. The minimum absolute atomic E-state index is 0.120. The van der Waals surface area contributed by atoms with Gasteiger partial charge < -0.3 is 20.5 Å². The van der Waals surface area contributed by atoms with Crippen molar-refractivity contribution in [3.8, 4) is 5.75 Å². The van der Waals surface area contributed by atoms with E-state index in [4.69, 9.17) is 38.8 Å². The number of hydrogen-bond acceptors (Lipinski definition) is 6. The molecule has 1 heterocycles. The molecule has 0 bridgehead atoms. The molecule has 25 heavy (non-hydrogen) atoms. The van der Waals surface area contributed by atoms with Crippen LogP contribution in [0.1, 0.15) is 18.4 Å². The van der Waals surface area contributed by atoms with E-state index in [9.17, 15) is 13.5 Å². The van der Waals surface area contributed by atoms with Gasteiger partial charge in [-0.1, -0.05) is 23.2 Å². The van der Waals surface area contributed by atoms with Crippen LogP contribution in [0, 0.1) is 6.92 Å². The number of nitrogens with two attached hydrogens (primary N) is 2. The predicted molar refractivity (Wildman–Crippen MR) is 97.7 cm³/mol. The molecule has 1 aromatic rings. The van der Waals surface area contributed by atoms with Gasteiger partial charge in [0.25, 0.3) is 0 Å². The van der Waals surface area contributed by atoms with Crippen molar-refractivity contribution >= 4 is 33.2 Å². The largest absolute Gasteiger partial charge is 0.489 e.